The fourth-order valence-electron chi connectivity index (χ4n) is 2.03. The van der Waals surface area contributed by atoms with Crippen molar-refractivity contribution in [2.45, 2.75) is 33.3 Å². The highest BCUT2D eigenvalue weighted by molar-refractivity contribution is 6.37. The van der Waals surface area contributed by atoms with Gasteiger partial charge in [0.25, 0.3) is 0 Å². The zero-order chi connectivity index (χ0) is 15.3. The van der Waals surface area contributed by atoms with Crippen molar-refractivity contribution in [2.75, 3.05) is 0 Å². The normalized spacial score (nSPS) is 20.8. The van der Waals surface area contributed by atoms with Crippen LogP contribution >= 0.6 is 23.2 Å². The van der Waals surface area contributed by atoms with E-state index in [-0.39, 0.29) is 11.3 Å². The summed E-state index contributed by atoms with van der Waals surface area (Å²) in [5.74, 6) is -0.612. The molecular weight excluding hydrogens is 299 g/mol. The van der Waals surface area contributed by atoms with E-state index in [9.17, 15) is 9.90 Å². The quantitative estimate of drug-likeness (QED) is 0.769. The standard InChI is InChI=1S/C15H16Cl2O3/c1-14(2)12(18)11(13(19)20-15(14,3)4)9-6-5-8(16)7-10(9)17/h5-7,18H,1-4H3. The number of rotatable bonds is 1. The summed E-state index contributed by atoms with van der Waals surface area (Å²) in [5.41, 5.74) is -1.02. The number of halogens is 2. The third kappa shape index (κ3) is 2.19. The highest BCUT2D eigenvalue weighted by Gasteiger charge is 2.50. The van der Waals surface area contributed by atoms with E-state index < -0.39 is 17.0 Å². The molecule has 2 rings (SSSR count). The fourth-order valence-corrected chi connectivity index (χ4v) is 2.54. The van der Waals surface area contributed by atoms with Gasteiger partial charge in [-0.15, -0.1) is 0 Å². The van der Waals surface area contributed by atoms with E-state index in [0.717, 1.165) is 0 Å². The molecule has 0 amide bonds. The maximum absolute atomic E-state index is 12.2. The summed E-state index contributed by atoms with van der Waals surface area (Å²) in [7, 11) is 0. The minimum Gasteiger partial charge on any atom is -0.511 e. The number of aliphatic hydroxyl groups is 1. The van der Waals surface area contributed by atoms with Crippen molar-refractivity contribution >= 4 is 34.7 Å². The molecule has 0 saturated heterocycles. The molecule has 1 aliphatic rings. The summed E-state index contributed by atoms with van der Waals surface area (Å²) in [6.45, 7) is 7.17. The first-order valence-electron chi connectivity index (χ1n) is 6.20. The van der Waals surface area contributed by atoms with Crippen LogP contribution < -0.4 is 0 Å². The van der Waals surface area contributed by atoms with E-state index in [1.165, 1.54) is 6.07 Å². The van der Waals surface area contributed by atoms with Crippen LogP contribution in [0, 0.1) is 5.41 Å². The predicted octanol–water partition coefficient (Wildman–Crippen LogP) is 4.62. The Hall–Kier alpha value is -1.19. The third-order valence-corrected chi connectivity index (χ3v) is 4.63. The Morgan fingerprint density at radius 1 is 1.15 bits per heavy atom. The molecule has 3 nitrogen and oxygen atoms in total. The number of esters is 1. The molecule has 0 saturated carbocycles. The number of aliphatic hydroxyl groups excluding tert-OH is 1. The van der Waals surface area contributed by atoms with Crippen LogP contribution in [-0.2, 0) is 9.53 Å². The Morgan fingerprint density at radius 2 is 1.75 bits per heavy atom. The van der Waals surface area contributed by atoms with Crippen molar-refractivity contribution in [2.24, 2.45) is 5.41 Å². The number of benzene rings is 1. The van der Waals surface area contributed by atoms with E-state index in [4.69, 9.17) is 27.9 Å². The second-order valence-electron chi connectivity index (χ2n) is 5.87. The highest BCUT2D eigenvalue weighted by atomic mass is 35.5. The SMILES string of the molecule is CC1(C)OC(=O)C(c2ccc(Cl)cc2Cl)=C(O)C1(C)C. The molecule has 0 fully saturated rings. The van der Waals surface area contributed by atoms with E-state index in [0.29, 0.717) is 15.6 Å². The molecule has 0 aliphatic carbocycles. The average Bonchev–Trinajstić information content (AvgIpc) is 2.29. The Bertz CT molecular complexity index is 616. The number of ether oxygens (including phenoxy) is 1. The highest BCUT2D eigenvalue weighted by Crippen LogP contribution is 2.47. The van der Waals surface area contributed by atoms with Gasteiger partial charge in [-0.3, -0.25) is 0 Å². The molecule has 1 aromatic carbocycles. The minimum atomic E-state index is -0.809. The summed E-state index contributed by atoms with van der Waals surface area (Å²) in [5, 5.41) is 11.3. The summed E-state index contributed by atoms with van der Waals surface area (Å²) < 4.78 is 5.46. The molecule has 0 radical (unpaired) electrons. The molecule has 0 bridgehead atoms. The van der Waals surface area contributed by atoms with Crippen LogP contribution in [0.25, 0.3) is 5.57 Å². The Morgan fingerprint density at radius 3 is 2.30 bits per heavy atom. The zero-order valence-electron chi connectivity index (χ0n) is 11.8. The van der Waals surface area contributed by atoms with Crippen LogP contribution in [0.5, 0.6) is 0 Å². The van der Waals surface area contributed by atoms with E-state index in [2.05, 4.69) is 0 Å². The first-order chi connectivity index (χ1) is 9.08. The molecule has 0 unspecified atom stereocenters. The van der Waals surface area contributed by atoms with Crippen molar-refractivity contribution in [1.82, 2.24) is 0 Å². The Balaban J connectivity index is 2.69. The largest absolute Gasteiger partial charge is 0.511 e. The van der Waals surface area contributed by atoms with Gasteiger partial charge in [-0.1, -0.05) is 29.3 Å². The maximum atomic E-state index is 12.2. The Kier molecular flexibility index (Phi) is 3.55. The second-order valence-corrected chi connectivity index (χ2v) is 6.72. The van der Waals surface area contributed by atoms with Gasteiger partial charge in [0.05, 0.1) is 10.4 Å². The summed E-state index contributed by atoms with van der Waals surface area (Å²) in [6, 6.07) is 4.74. The van der Waals surface area contributed by atoms with Gasteiger partial charge in [0.1, 0.15) is 16.9 Å². The molecule has 1 N–H and O–H groups in total. The molecule has 5 heteroatoms. The lowest BCUT2D eigenvalue weighted by Gasteiger charge is -2.44. The Labute approximate surface area is 128 Å². The van der Waals surface area contributed by atoms with Crippen molar-refractivity contribution in [3.8, 4) is 0 Å². The zero-order valence-corrected chi connectivity index (χ0v) is 13.3. The van der Waals surface area contributed by atoms with Gasteiger partial charge in [0.2, 0.25) is 0 Å². The smallest absolute Gasteiger partial charge is 0.342 e. The number of cyclic esters (lactones) is 1. The van der Waals surface area contributed by atoms with Crippen molar-refractivity contribution in [3.63, 3.8) is 0 Å². The van der Waals surface area contributed by atoms with Gasteiger partial charge < -0.3 is 9.84 Å². The summed E-state index contributed by atoms with van der Waals surface area (Å²) >= 11 is 12.0. The molecule has 1 aromatic rings. The van der Waals surface area contributed by atoms with Crippen LogP contribution in [0.15, 0.2) is 24.0 Å². The van der Waals surface area contributed by atoms with Gasteiger partial charge in [-0.25, -0.2) is 4.79 Å². The monoisotopic (exact) mass is 314 g/mol. The lowest BCUT2D eigenvalue weighted by molar-refractivity contribution is -0.164. The van der Waals surface area contributed by atoms with Crippen molar-refractivity contribution < 1.29 is 14.6 Å². The van der Waals surface area contributed by atoms with Crippen LogP contribution in [-0.4, -0.2) is 16.7 Å². The number of hydrogen-bond acceptors (Lipinski definition) is 3. The maximum Gasteiger partial charge on any atom is 0.342 e. The van der Waals surface area contributed by atoms with Crippen LogP contribution in [0.2, 0.25) is 10.0 Å². The van der Waals surface area contributed by atoms with E-state index >= 15 is 0 Å². The van der Waals surface area contributed by atoms with Gasteiger partial charge >= 0.3 is 5.97 Å². The molecule has 108 valence electrons. The van der Waals surface area contributed by atoms with E-state index in [1.54, 1.807) is 26.0 Å². The molecule has 0 aromatic heterocycles. The van der Waals surface area contributed by atoms with Crippen molar-refractivity contribution in [1.29, 1.82) is 0 Å². The molecule has 1 aliphatic heterocycles. The topological polar surface area (TPSA) is 46.5 Å². The molecular formula is C15H16Cl2O3. The fraction of sp³-hybridized carbons (Fsp3) is 0.400. The number of carbonyl (C=O) groups excluding carboxylic acids is 1. The predicted molar refractivity (Wildman–Crippen MR) is 80.0 cm³/mol. The lowest BCUT2D eigenvalue weighted by Crippen LogP contribution is -2.48. The third-order valence-electron chi connectivity index (χ3n) is 4.09. The van der Waals surface area contributed by atoms with Gasteiger partial charge in [0.15, 0.2) is 0 Å². The first-order valence-corrected chi connectivity index (χ1v) is 6.96. The lowest BCUT2D eigenvalue weighted by atomic mass is 9.71. The second kappa shape index (κ2) is 4.68. The number of carbonyl (C=O) groups is 1. The van der Waals surface area contributed by atoms with Crippen LogP contribution in [0.4, 0.5) is 0 Å². The minimum absolute atomic E-state index is 0.0250. The van der Waals surface area contributed by atoms with Crippen LogP contribution in [0.1, 0.15) is 33.3 Å². The van der Waals surface area contributed by atoms with Gasteiger partial charge in [-0.05, 0) is 39.8 Å². The van der Waals surface area contributed by atoms with Crippen molar-refractivity contribution in [3.05, 3.63) is 39.6 Å². The molecule has 0 atom stereocenters. The summed E-state index contributed by atoms with van der Waals surface area (Å²) in [4.78, 5) is 12.2. The van der Waals surface area contributed by atoms with Gasteiger partial charge in [0, 0.05) is 10.6 Å². The number of hydrogen-bond donors (Lipinski definition) is 1. The van der Waals surface area contributed by atoms with Crippen LogP contribution in [0.3, 0.4) is 0 Å². The molecule has 0 spiro atoms. The molecule has 1 heterocycles. The average molecular weight is 315 g/mol. The summed E-state index contributed by atoms with van der Waals surface area (Å²) in [6.07, 6.45) is 0. The van der Waals surface area contributed by atoms with E-state index in [1.807, 2.05) is 13.8 Å². The first kappa shape index (κ1) is 15.2. The molecule has 20 heavy (non-hydrogen) atoms. The van der Waals surface area contributed by atoms with Gasteiger partial charge in [-0.2, -0.15) is 0 Å².